The predicted molar refractivity (Wildman–Crippen MR) is 96.5 cm³/mol. The lowest BCUT2D eigenvalue weighted by molar-refractivity contribution is -0.137. The first kappa shape index (κ1) is 20.9. The number of hydrogen-bond donors (Lipinski definition) is 3. The average molecular weight is 390 g/mol. The van der Waals surface area contributed by atoms with Crippen molar-refractivity contribution in [2.75, 3.05) is 5.32 Å². The number of nitrogens with two attached hydrogens (primary N) is 1. The summed E-state index contributed by atoms with van der Waals surface area (Å²) in [5.41, 5.74) is 0.0246. The van der Waals surface area contributed by atoms with Gasteiger partial charge >= 0.3 is 6.18 Å². The lowest BCUT2D eigenvalue weighted by atomic mass is 9.84. The first-order valence-corrected chi connectivity index (χ1v) is 8.05. The predicted octanol–water partition coefficient (Wildman–Crippen LogP) is 3.78. The minimum atomic E-state index is -4.49. The van der Waals surface area contributed by atoms with Gasteiger partial charge in [0.25, 0.3) is 5.91 Å². The molecule has 0 aliphatic heterocycles. The number of hydrazine groups is 1. The van der Waals surface area contributed by atoms with Crippen molar-refractivity contribution in [2.45, 2.75) is 20.0 Å². The number of anilines is 2. The summed E-state index contributed by atoms with van der Waals surface area (Å²) < 4.78 is 38.2. The van der Waals surface area contributed by atoms with Crippen LogP contribution < -0.4 is 16.6 Å². The van der Waals surface area contributed by atoms with Crippen molar-refractivity contribution in [3.05, 3.63) is 59.2 Å². The first-order valence-electron chi connectivity index (χ1n) is 8.05. The number of hydrogen-bond acceptors (Lipinski definition) is 5. The molecule has 0 saturated carbocycles. The maximum absolute atomic E-state index is 12.8. The molecule has 0 bridgehead atoms. The van der Waals surface area contributed by atoms with Gasteiger partial charge in [-0.15, -0.1) is 0 Å². The Labute approximate surface area is 159 Å². The van der Waals surface area contributed by atoms with Crippen LogP contribution in [-0.2, 0) is 6.18 Å². The van der Waals surface area contributed by atoms with Gasteiger partial charge in [0.15, 0.2) is 5.78 Å². The Hall–Kier alpha value is -3.38. The minimum Gasteiger partial charge on any atom is -0.354 e. The van der Waals surface area contributed by atoms with Crippen LogP contribution in [0.3, 0.4) is 0 Å². The Morgan fingerprint density at radius 3 is 2.11 bits per heavy atom. The van der Waals surface area contributed by atoms with Gasteiger partial charge in [-0.05, 0) is 50.2 Å². The van der Waals surface area contributed by atoms with Crippen molar-refractivity contribution in [1.82, 2.24) is 5.43 Å². The molecular formula is C19H17F3N4O2. The number of nitriles is 1. The first-order chi connectivity index (χ1) is 13.0. The van der Waals surface area contributed by atoms with Gasteiger partial charge in [-0.25, -0.2) is 5.84 Å². The maximum atomic E-state index is 12.8. The number of carbonyl (C=O) groups is 2. The standard InChI is InChI=1S/C19H17F3N4O2/c1-18(2,10-23)16(27)13-4-3-5-14(17(28)26-24)15(13)25-12-8-6-11(7-9-12)19(20,21)22/h3-9,25H,24H2,1-2H3,(H,26,28). The third kappa shape index (κ3) is 4.29. The molecule has 1 amide bonds. The molecule has 0 spiro atoms. The highest BCUT2D eigenvalue weighted by atomic mass is 19.4. The molecule has 2 rings (SSSR count). The van der Waals surface area contributed by atoms with Crippen molar-refractivity contribution in [2.24, 2.45) is 11.3 Å². The number of alkyl halides is 3. The van der Waals surface area contributed by atoms with Crippen LogP contribution in [0.1, 0.15) is 40.1 Å². The fraction of sp³-hybridized carbons (Fsp3) is 0.211. The van der Waals surface area contributed by atoms with E-state index in [1.54, 1.807) is 0 Å². The summed E-state index contributed by atoms with van der Waals surface area (Å²) in [7, 11) is 0. The number of halogens is 3. The molecule has 2 aromatic rings. The quantitative estimate of drug-likeness (QED) is 0.312. The van der Waals surface area contributed by atoms with E-state index < -0.39 is 28.8 Å². The summed E-state index contributed by atoms with van der Waals surface area (Å²) in [6, 6.07) is 10.2. The van der Waals surface area contributed by atoms with Crippen molar-refractivity contribution in [1.29, 1.82) is 5.26 Å². The molecule has 0 aromatic heterocycles. The smallest absolute Gasteiger partial charge is 0.354 e. The number of nitrogens with zero attached hydrogens (tertiary/aromatic N) is 1. The minimum absolute atomic E-state index is 0.00184. The van der Waals surface area contributed by atoms with Crippen molar-refractivity contribution in [3.8, 4) is 6.07 Å². The van der Waals surface area contributed by atoms with Gasteiger partial charge in [-0.1, -0.05) is 6.07 Å². The van der Waals surface area contributed by atoms with E-state index >= 15 is 0 Å². The van der Waals surface area contributed by atoms with Gasteiger partial charge in [0.2, 0.25) is 0 Å². The van der Waals surface area contributed by atoms with Crippen LogP contribution in [0.5, 0.6) is 0 Å². The number of benzene rings is 2. The van der Waals surface area contributed by atoms with Crippen LogP contribution in [0.2, 0.25) is 0 Å². The number of para-hydroxylation sites is 1. The number of Topliss-reactive ketones (excluding diaryl/α,β-unsaturated/α-hetero) is 1. The second-order valence-corrected chi connectivity index (χ2v) is 6.47. The molecule has 0 unspecified atom stereocenters. The zero-order chi connectivity index (χ0) is 21.1. The number of ketones is 1. The Morgan fingerprint density at radius 1 is 1.04 bits per heavy atom. The highest BCUT2D eigenvalue weighted by molar-refractivity contribution is 6.11. The molecule has 0 fully saturated rings. The van der Waals surface area contributed by atoms with Crippen LogP contribution >= 0.6 is 0 Å². The molecule has 2 aromatic carbocycles. The summed E-state index contributed by atoms with van der Waals surface area (Å²) in [5, 5.41) is 12.0. The van der Waals surface area contributed by atoms with Crippen molar-refractivity contribution in [3.63, 3.8) is 0 Å². The van der Waals surface area contributed by atoms with E-state index in [-0.39, 0.29) is 22.5 Å². The summed E-state index contributed by atoms with van der Waals surface area (Å²) in [6.07, 6.45) is -4.49. The lowest BCUT2D eigenvalue weighted by Gasteiger charge is -2.20. The van der Waals surface area contributed by atoms with Gasteiger partial charge in [0.05, 0.1) is 22.9 Å². The summed E-state index contributed by atoms with van der Waals surface area (Å²) in [6.45, 7) is 2.85. The molecule has 146 valence electrons. The number of carbonyl (C=O) groups excluding carboxylic acids is 2. The van der Waals surface area contributed by atoms with Crippen LogP contribution in [0.15, 0.2) is 42.5 Å². The summed E-state index contributed by atoms with van der Waals surface area (Å²) in [4.78, 5) is 24.9. The zero-order valence-electron chi connectivity index (χ0n) is 15.0. The van der Waals surface area contributed by atoms with Gasteiger partial charge in [-0.3, -0.25) is 15.0 Å². The second-order valence-electron chi connectivity index (χ2n) is 6.47. The third-order valence-corrected chi connectivity index (χ3v) is 4.01. The molecule has 0 aliphatic rings. The fourth-order valence-electron chi connectivity index (χ4n) is 2.42. The number of amides is 1. The van der Waals surface area contributed by atoms with Crippen LogP contribution in [0.25, 0.3) is 0 Å². The third-order valence-electron chi connectivity index (χ3n) is 4.01. The van der Waals surface area contributed by atoms with E-state index in [1.165, 1.54) is 44.2 Å². The van der Waals surface area contributed by atoms with E-state index in [1.807, 2.05) is 11.5 Å². The van der Waals surface area contributed by atoms with E-state index in [2.05, 4.69) is 5.32 Å². The normalized spacial score (nSPS) is 11.5. The largest absolute Gasteiger partial charge is 0.416 e. The SMILES string of the molecule is CC(C)(C#N)C(=O)c1cccc(C(=O)NN)c1Nc1ccc(C(F)(F)F)cc1. The van der Waals surface area contributed by atoms with Crippen LogP contribution in [-0.4, -0.2) is 11.7 Å². The maximum Gasteiger partial charge on any atom is 0.416 e. The molecule has 6 nitrogen and oxygen atoms in total. The van der Waals surface area contributed by atoms with Gasteiger partial charge in [-0.2, -0.15) is 18.4 Å². The highest BCUT2D eigenvalue weighted by Crippen LogP contribution is 2.33. The molecule has 28 heavy (non-hydrogen) atoms. The Morgan fingerprint density at radius 2 is 1.61 bits per heavy atom. The molecule has 0 radical (unpaired) electrons. The highest BCUT2D eigenvalue weighted by Gasteiger charge is 2.32. The van der Waals surface area contributed by atoms with E-state index in [0.717, 1.165) is 12.1 Å². The Balaban J connectivity index is 2.56. The number of nitrogens with one attached hydrogen (secondary N) is 2. The molecule has 0 atom stereocenters. The zero-order valence-corrected chi connectivity index (χ0v) is 15.0. The summed E-state index contributed by atoms with van der Waals surface area (Å²) >= 11 is 0. The molecular weight excluding hydrogens is 373 g/mol. The topological polar surface area (TPSA) is 108 Å². The lowest BCUT2D eigenvalue weighted by Crippen LogP contribution is -2.31. The van der Waals surface area contributed by atoms with Gasteiger partial charge in [0, 0.05) is 11.3 Å². The monoisotopic (exact) mass is 390 g/mol. The number of rotatable bonds is 5. The second kappa shape index (κ2) is 7.70. The summed E-state index contributed by atoms with van der Waals surface area (Å²) in [5.74, 6) is 3.91. The average Bonchev–Trinajstić information content (AvgIpc) is 2.66. The van der Waals surface area contributed by atoms with Crippen molar-refractivity contribution < 1.29 is 22.8 Å². The molecule has 9 heteroatoms. The van der Waals surface area contributed by atoms with Crippen molar-refractivity contribution >= 4 is 23.1 Å². The fourth-order valence-corrected chi connectivity index (χ4v) is 2.42. The van der Waals surface area contributed by atoms with Crippen LogP contribution in [0, 0.1) is 16.7 Å². The Kier molecular flexibility index (Phi) is 5.75. The van der Waals surface area contributed by atoms with E-state index in [4.69, 9.17) is 5.84 Å². The van der Waals surface area contributed by atoms with Crippen LogP contribution in [0.4, 0.5) is 24.5 Å². The van der Waals surface area contributed by atoms with Gasteiger partial charge < -0.3 is 5.32 Å². The molecule has 4 N–H and O–H groups in total. The molecule has 0 aliphatic carbocycles. The molecule has 0 heterocycles. The van der Waals surface area contributed by atoms with Gasteiger partial charge in [0.1, 0.15) is 5.41 Å². The van der Waals surface area contributed by atoms with E-state index in [9.17, 15) is 28.0 Å². The molecule has 0 saturated heterocycles. The Bertz CT molecular complexity index is 945. The number of nitrogen functional groups attached to an aromatic ring is 1. The van der Waals surface area contributed by atoms with E-state index in [0.29, 0.717) is 0 Å².